The minimum absolute atomic E-state index is 0.228. The van der Waals surface area contributed by atoms with Crippen LogP contribution in [0.3, 0.4) is 0 Å². The SMILES string of the molecule is CN=C(NCc1ccc(C)c(F)c1)NCc1ccc(S(=O)(=O)N2CCCCC2)s1. The number of hydrogen-bond acceptors (Lipinski definition) is 4. The highest BCUT2D eigenvalue weighted by Crippen LogP contribution is 2.27. The molecular weight excluding hydrogens is 411 g/mol. The Morgan fingerprint density at radius 1 is 1.14 bits per heavy atom. The van der Waals surface area contributed by atoms with E-state index in [1.165, 1.54) is 17.4 Å². The van der Waals surface area contributed by atoms with Crippen LogP contribution in [0.15, 0.2) is 39.5 Å². The Labute approximate surface area is 175 Å². The van der Waals surface area contributed by atoms with Crippen molar-refractivity contribution >= 4 is 27.3 Å². The third-order valence-electron chi connectivity index (χ3n) is 4.90. The molecule has 0 atom stereocenters. The maximum Gasteiger partial charge on any atom is 0.252 e. The van der Waals surface area contributed by atoms with Gasteiger partial charge < -0.3 is 10.6 Å². The monoisotopic (exact) mass is 438 g/mol. The number of rotatable bonds is 6. The molecule has 1 fully saturated rings. The van der Waals surface area contributed by atoms with Crippen LogP contribution in [0.2, 0.25) is 0 Å². The highest BCUT2D eigenvalue weighted by atomic mass is 32.2. The van der Waals surface area contributed by atoms with Crippen LogP contribution in [-0.4, -0.2) is 38.8 Å². The molecule has 0 unspecified atom stereocenters. The zero-order chi connectivity index (χ0) is 20.9. The molecule has 1 saturated heterocycles. The summed E-state index contributed by atoms with van der Waals surface area (Å²) in [6.07, 6.45) is 2.94. The molecule has 1 aromatic carbocycles. The highest BCUT2D eigenvalue weighted by Gasteiger charge is 2.27. The number of nitrogens with zero attached hydrogens (tertiary/aromatic N) is 2. The van der Waals surface area contributed by atoms with Crippen molar-refractivity contribution in [2.75, 3.05) is 20.1 Å². The van der Waals surface area contributed by atoms with Gasteiger partial charge in [0, 0.05) is 31.6 Å². The molecule has 2 N–H and O–H groups in total. The molecular formula is C20H27FN4O2S2. The van der Waals surface area contributed by atoms with Crippen molar-refractivity contribution in [3.8, 4) is 0 Å². The van der Waals surface area contributed by atoms with E-state index in [0.717, 1.165) is 29.7 Å². The standard InChI is InChI=1S/C20H27FN4O2S2/c1-15-6-7-16(12-18(15)21)13-23-20(22-2)24-14-17-8-9-19(28-17)29(26,27)25-10-4-3-5-11-25/h6-9,12H,3-5,10-11,13-14H2,1-2H3,(H2,22,23,24). The predicted molar refractivity (Wildman–Crippen MR) is 115 cm³/mol. The summed E-state index contributed by atoms with van der Waals surface area (Å²) >= 11 is 1.28. The quantitative estimate of drug-likeness (QED) is 0.536. The summed E-state index contributed by atoms with van der Waals surface area (Å²) in [4.78, 5) is 5.07. The van der Waals surface area contributed by atoms with E-state index >= 15 is 0 Å². The first kappa shape index (κ1) is 21.7. The average molecular weight is 439 g/mol. The fourth-order valence-corrected chi connectivity index (χ4v) is 6.11. The van der Waals surface area contributed by atoms with Gasteiger partial charge >= 0.3 is 0 Å². The van der Waals surface area contributed by atoms with Gasteiger partial charge in [-0.15, -0.1) is 11.3 Å². The Balaban J connectivity index is 1.55. The van der Waals surface area contributed by atoms with Crippen molar-refractivity contribution in [2.45, 2.75) is 43.5 Å². The first-order valence-electron chi connectivity index (χ1n) is 9.68. The largest absolute Gasteiger partial charge is 0.352 e. The second kappa shape index (κ2) is 9.69. The van der Waals surface area contributed by atoms with Gasteiger partial charge in [0.05, 0.1) is 6.54 Å². The summed E-state index contributed by atoms with van der Waals surface area (Å²) in [5.41, 5.74) is 1.44. The van der Waals surface area contributed by atoms with Crippen molar-refractivity contribution in [1.82, 2.24) is 14.9 Å². The Hall–Kier alpha value is -1.97. The summed E-state index contributed by atoms with van der Waals surface area (Å²) in [6, 6.07) is 8.63. The maximum atomic E-state index is 13.7. The number of sulfonamides is 1. The molecule has 0 amide bonds. The zero-order valence-corrected chi connectivity index (χ0v) is 18.4. The molecule has 6 nitrogen and oxygen atoms in total. The minimum Gasteiger partial charge on any atom is -0.352 e. The van der Waals surface area contributed by atoms with E-state index in [4.69, 9.17) is 0 Å². The van der Waals surface area contributed by atoms with Gasteiger partial charge in [0.25, 0.3) is 10.0 Å². The number of thiophene rings is 1. The number of piperidine rings is 1. The van der Waals surface area contributed by atoms with E-state index in [1.54, 1.807) is 30.4 Å². The highest BCUT2D eigenvalue weighted by molar-refractivity contribution is 7.91. The van der Waals surface area contributed by atoms with Crippen molar-refractivity contribution in [3.05, 3.63) is 52.2 Å². The number of aryl methyl sites for hydroxylation is 1. The fourth-order valence-electron chi connectivity index (χ4n) is 3.15. The van der Waals surface area contributed by atoms with Crippen LogP contribution in [0.4, 0.5) is 4.39 Å². The summed E-state index contributed by atoms with van der Waals surface area (Å²) in [7, 11) is -1.74. The number of nitrogens with one attached hydrogen (secondary N) is 2. The van der Waals surface area contributed by atoms with Gasteiger partial charge in [0.2, 0.25) is 0 Å². The van der Waals surface area contributed by atoms with Gasteiger partial charge in [0.1, 0.15) is 10.0 Å². The predicted octanol–water partition coefficient (Wildman–Crippen LogP) is 3.24. The topological polar surface area (TPSA) is 73.8 Å². The first-order valence-corrected chi connectivity index (χ1v) is 11.9. The molecule has 29 heavy (non-hydrogen) atoms. The molecule has 2 heterocycles. The normalized spacial score (nSPS) is 16.0. The Bertz CT molecular complexity index is 967. The van der Waals surface area contributed by atoms with Crippen LogP contribution in [0.5, 0.6) is 0 Å². The van der Waals surface area contributed by atoms with Gasteiger partial charge in [-0.3, -0.25) is 4.99 Å². The molecule has 1 aliphatic heterocycles. The Morgan fingerprint density at radius 3 is 2.55 bits per heavy atom. The zero-order valence-electron chi connectivity index (χ0n) is 16.7. The van der Waals surface area contributed by atoms with Gasteiger partial charge in [-0.2, -0.15) is 4.31 Å². The average Bonchev–Trinajstić information content (AvgIpc) is 3.21. The molecule has 0 spiro atoms. The lowest BCUT2D eigenvalue weighted by atomic mass is 10.1. The van der Waals surface area contributed by atoms with Crippen LogP contribution in [0, 0.1) is 12.7 Å². The lowest BCUT2D eigenvalue weighted by molar-refractivity contribution is 0.347. The third-order valence-corrected chi connectivity index (χ3v) is 8.35. The summed E-state index contributed by atoms with van der Waals surface area (Å²) < 4.78 is 41.1. The summed E-state index contributed by atoms with van der Waals surface area (Å²) in [6.45, 7) is 3.83. The molecule has 1 aliphatic rings. The fraction of sp³-hybridized carbons (Fsp3) is 0.450. The van der Waals surface area contributed by atoms with E-state index in [1.807, 2.05) is 12.1 Å². The van der Waals surface area contributed by atoms with E-state index in [2.05, 4.69) is 15.6 Å². The number of guanidine groups is 1. The van der Waals surface area contributed by atoms with Crippen LogP contribution < -0.4 is 10.6 Å². The van der Waals surface area contributed by atoms with Crippen molar-refractivity contribution < 1.29 is 12.8 Å². The van der Waals surface area contributed by atoms with Crippen LogP contribution >= 0.6 is 11.3 Å². The molecule has 9 heteroatoms. The molecule has 1 aromatic heterocycles. The second-order valence-corrected chi connectivity index (χ2v) is 10.4. The molecule has 158 valence electrons. The van der Waals surface area contributed by atoms with Crippen LogP contribution in [0.25, 0.3) is 0 Å². The van der Waals surface area contributed by atoms with Gasteiger partial charge in [-0.05, 0) is 49.1 Å². The molecule has 0 bridgehead atoms. The smallest absolute Gasteiger partial charge is 0.252 e. The van der Waals surface area contributed by atoms with Crippen LogP contribution in [0.1, 0.15) is 35.3 Å². The van der Waals surface area contributed by atoms with Crippen molar-refractivity contribution in [3.63, 3.8) is 0 Å². The van der Waals surface area contributed by atoms with Gasteiger partial charge in [-0.25, -0.2) is 12.8 Å². The Kier molecular flexibility index (Phi) is 7.26. The minimum atomic E-state index is -3.40. The molecule has 2 aromatic rings. The second-order valence-electron chi connectivity index (χ2n) is 7.05. The van der Waals surface area contributed by atoms with E-state index in [0.29, 0.717) is 41.9 Å². The van der Waals surface area contributed by atoms with Gasteiger partial charge in [0.15, 0.2) is 5.96 Å². The van der Waals surface area contributed by atoms with Gasteiger partial charge in [-0.1, -0.05) is 18.6 Å². The summed E-state index contributed by atoms with van der Waals surface area (Å²) in [5.74, 6) is 0.341. The van der Waals surface area contributed by atoms with E-state index in [-0.39, 0.29) is 5.82 Å². The summed E-state index contributed by atoms with van der Waals surface area (Å²) in [5, 5.41) is 6.32. The molecule has 3 rings (SSSR count). The Morgan fingerprint density at radius 2 is 1.86 bits per heavy atom. The third kappa shape index (κ3) is 5.55. The van der Waals surface area contributed by atoms with Crippen molar-refractivity contribution in [1.29, 1.82) is 0 Å². The molecule has 0 aliphatic carbocycles. The number of benzene rings is 1. The van der Waals surface area contributed by atoms with Crippen LogP contribution in [-0.2, 0) is 23.1 Å². The molecule has 0 radical (unpaired) electrons. The van der Waals surface area contributed by atoms with E-state index in [9.17, 15) is 12.8 Å². The maximum absolute atomic E-state index is 13.7. The number of aliphatic imine (C=N–C) groups is 1. The lowest BCUT2D eigenvalue weighted by Gasteiger charge is -2.25. The van der Waals surface area contributed by atoms with E-state index < -0.39 is 10.0 Å². The molecule has 0 saturated carbocycles. The first-order chi connectivity index (χ1) is 13.9. The number of halogens is 1. The van der Waals surface area contributed by atoms with Crippen molar-refractivity contribution in [2.24, 2.45) is 4.99 Å². The lowest BCUT2D eigenvalue weighted by Crippen LogP contribution is -2.36. The number of hydrogen-bond donors (Lipinski definition) is 2.